The van der Waals surface area contributed by atoms with E-state index in [2.05, 4.69) is 13.5 Å². The summed E-state index contributed by atoms with van der Waals surface area (Å²) in [5.41, 5.74) is 3.66. The molecule has 0 aromatic heterocycles. The molecule has 29 heavy (non-hydrogen) atoms. The van der Waals surface area contributed by atoms with Crippen molar-refractivity contribution >= 4 is 21.9 Å². The Kier molecular flexibility index (Phi) is 6.08. The van der Waals surface area contributed by atoms with E-state index < -0.39 is 16.1 Å². The van der Waals surface area contributed by atoms with Crippen molar-refractivity contribution in [2.75, 3.05) is 0 Å². The second kappa shape index (κ2) is 8.37. The highest BCUT2D eigenvalue weighted by Gasteiger charge is 2.39. The van der Waals surface area contributed by atoms with Crippen LogP contribution in [0.1, 0.15) is 55.8 Å². The molecule has 4 nitrogen and oxygen atoms in total. The summed E-state index contributed by atoms with van der Waals surface area (Å²) in [5.74, 6) is -0.217. The van der Waals surface area contributed by atoms with Gasteiger partial charge in [-0.05, 0) is 56.0 Å². The number of carbonyl (C=O) groups is 1. The molecule has 5 heteroatoms. The number of Topliss-reactive ketones (excluding diaryl/α,β-unsaturated/α-hetero) is 1. The molecule has 1 heterocycles. The van der Waals surface area contributed by atoms with E-state index in [1.165, 1.54) is 11.2 Å². The Labute approximate surface area is 173 Å². The van der Waals surface area contributed by atoms with E-state index in [0.29, 0.717) is 12.1 Å². The first-order valence-corrected chi connectivity index (χ1v) is 11.3. The minimum atomic E-state index is -3.88. The molecule has 1 atom stereocenters. The van der Waals surface area contributed by atoms with Crippen LogP contribution in [-0.4, -0.2) is 18.5 Å². The predicted octanol–water partition coefficient (Wildman–Crippen LogP) is 5.42. The maximum Gasteiger partial charge on any atom is 0.264 e. The maximum atomic E-state index is 13.8. The molecule has 0 spiro atoms. The van der Waals surface area contributed by atoms with Crippen LogP contribution in [0.3, 0.4) is 0 Å². The third kappa shape index (κ3) is 4.06. The number of allylic oxidation sites excluding steroid dienone is 1. The largest absolute Gasteiger partial charge is 0.295 e. The molecule has 2 aromatic rings. The Bertz CT molecular complexity index is 1070. The summed E-state index contributed by atoms with van der Waals surface area (Å²) in [6.45, 7) is 9.41. The van der Waals surface area contributed by atoms with Crippen LogP contribution < -0.4 is 0 Å². The standard InChI is InChI=1S/C24H27NO3S/c1-5-6-10-21-16-20-9-7-8-11-23(20)24(18(3)19(4)26)25(21)29(27,28)22-14-12-17(2)13-15-22/h7-9,11-16,24H,3,5-6,10H2,1-2,4H3/t24-/m1/s1. The Balaban J connectivity index is 2.24. The fraction of sp³-hybridized carbons (Fsp3) is 0.292. The maximum absolute atomic E-state index is 13.8. The second-order valence-electron chi connectivity index (χ2n) is 7.47. The molecule has 0 unspecified atom stereocenters. The first kappa shape index (κ1) is 21.1. The van der Waals surface area contributed by atoms with Crippen molar-refractivity contribution in [2.24, 2.45) is 0 Å². The molecule has 0 saturated heterocycles. The molecule has 0 N–H and O–H groups in total. The van der Waals surface area contributed by atoms with Gasteiger partial charge in [0.2, 0.25) is 0 Å². The number of carbonyl (C=O) groups excluding carboxylic acids is 1. The van der Waals surface area contributed by atoms with Crippen LogP contribution in [-0.2, 0) is 14.8 Å². The van der Waals surface area contributed by atoms with Crippen LogP contribution in [0.15, 0.2) is 71.3 Å². The van der Waals surface area contributed by atoms with Gasteiger partial charge in [0.05, 0.1) is 10.9 Å². The number of rotatable bonds is 7. The zero-order valence-electron chi connectivity index (χ0n) is 17.2. The number of sulfonamides is 1. The Morgan fingerprint density at radius 3 is 2.38 bits per heavy atom. The zero-order chi connectivity index (χ0) is 21.2. The van der Waals surface area contributed by atoms with Gasteiger partial charge >= 0.3 is 0 Å². The summed E-state index contributed by atoms with van der Waals surface area (Å²) >= 11 is 0. The highest BCUT2D eigenvalue weighted by Crippen LogP contribution is 2.43. The Hall–Kier alpha value is -2.66. The Morgan fingerprint density at radius 2 is 1.76 bits per heavy atom. The topological polar surface area (TPSA) is 54.5 Å². The van der Waals surface area contributed by atoms with Crippen molar-refractivity contribution in [3.8, 4) is 0 Å². The summed E-state index contributed by atoms with van der Waals surface area (Å²) in [7, 11) is -3.88. The number of nitrogens with zero attached hydrogens (tertiary/aromatic N) is 1. The molecular formula is C24H27NO3S. The number of aryl methyl sites for hydroxylation is 1. The van der Waals surface area contributed by atoms with E-state index in [-0.39, 0.29) is 16.3 Å². The van der Waals surface area contributed by atoms with Gasteiger partial charge in [-0.25, -0.2) is 8.42 Å². The number of hydrogen-bond donors (Lipinski definition) is 0. The number of benzene rings is 2. The summed E-state index contributed by atoms with van der Waals surface area (Å²) < 4.78 is 28.9. The number of ketones is 1. The van der Waals surface area contributed by atoms with Crippen molar-refractivity contribution in [3.05, 3.63) is 83.1 Å². The normalized spacial score (nSPS) is 16.2. The van der Waals surface area contributed by atoms with Crippen molar-refractivity contribution < 1.29 is 13.2 Å². The lowest BCUT2D eigenvalue weighted by atomic mass is 9.89. The highest BCUT2D eigenvalue weighted by molar-refractivity contribution is 7.89. The van der Waals surface area contributed by atoms with E-state index in [1.807, 2.05) is 37.3 Å². The van der Waals surface area contributed by atoms with Gasteiger partial charge in [0.1, 0.15) is 0 Å². The fourth-order valence-corrected chi connectivity index (χ4v) is 5.28. The van der Waals surface area contributed by atoms with E-state index in [1.54, 1.807) is 24.3 Å². The number of unbranched alkanes of at least 4 members (excludes halogenated alkanes) is 1. The van der Waals surface area contributed by atoms with Crippen molar-refractivity contribution in [3.63, 3.8) is 0 Å². The van der Waals surface area contributed by atoms with Crippen LogP contribution in [0.25, 0.3) is 6.08 Å². The van der Waals surface area contributed by atoms with Crippen molar-refractivity contribution in [2.45, 2.75) is 51.0 Å². The van der Waals surface area contributed by atoms with E-state index in [4.69, 9.17) is 0 Å². The second-order valence-corrected chi connectivity index (χ2v) is 9.28. The van der Waals surface area contributed by atoms with Crippen LogP contribution in [0.4, 0.5) is 0 Å². The van der Waals surface area contributed by atoms with E-state index in [0.717, 1.165) is 29.5 Å². The molecular weight excluding hydrogens is 382 g/mol. The highest BCUT2D eigenvalue weighted by atomic mass is 32.2. The molecule has 0 amide bonds. The SMILES string of the molecule is C=C(C(C)=O)[C@@H]1c2ccccc2C=C(CCCC)N1S(=O)(=O)c1ccc(C)cc1. The average molecular weight is 410 g/mol. The van der Waals surface area contributed by atoms with Gasteiger partial charge < -0.3 is 0 Å². The lowest BCUT2D eigenvalue weighted by Gasteiger charge is -2.39. The van der Waals surface area contributed by atoms with E-state index in [9.17, 15) is 13.2 Å². The van der Waals surface area contributed by atoms with Crippen molar-refractivity contribution in [1.82, 2.24) is 4.31 Å². The zero-order valence-corrected chi connectivity index (χ0v) is 18.0. The lowest BCUT2D eigenvalue weighted by Crippen LogP contribution is -2.38. The van der Waals surface area contributed by atoms with Gasteiger partial charge in [-0.1, -0.05) is 61.9 Å². The summed E-state index contributed by atoms with van der Waals surface area (Å²) in [5, 5.41) is 0. The van der Waals surface area contributed by atoms with Crippen LogP contribution in [0, 0.1) is 6.92 Å². The monoisotopic (exact) mass is 409 g/mol. The van der Waals surface area contributed by atoms with Gasteiger partial charge in [-0.2, -0.15) is 0 Å². The number of fused-ring (bicyclic) bond motifs is 1. The van der Waals surface area contributed by atoms with Gasteiger partial charge in [0.25, 0.3) is 10.0 Å². The van der Waals surface area contributed by atoms with Crippen molar-refractivity contribution in [1.29, 1.82) is 0 Å². The first-order chi connectivity index (χ1) is 13.8. The molecule has 1 aliphatic rings. The third-order valence-electron chi connectivity index (χ3n) is 5.28. The van der Waals surface area contributed by atoms with Crippen LogP contribution >= 0.6 is 0 Å². The minimum absolute atomic E-state index is 0.214. The predicted molar refractivity (Wildman–Crippen MR) is 117 cm³/mol. The van der Waals surface area contributed by atoms with Crippen LogP contribution in [0.5, 0.6) is 0 Å². The summed E-state index contributed by atoms with van der Waals surface area (Å²) in [4.78, 5) is 12.5. The van der Waals surface area contributed by atoms with Gasteiger partial charge in [0.15, 0.2) is 5.78 Å². The van der Waals surface area contributed by atoms with Gasteiger partial charge in [0, 0.05) is 11.3 Å². The number of hydrogen-bond acceptors (Lipinski definition) is 3. The Morgan fingerprint density at radius 1 is 1.10 bits per heavy atom. The fourth-order valence-electron chi connectivity index (χ4n) is 3.61. The average Bonchev–Trinajstić information content (AvgIpc) is 2.70. The molecule has 0 radical (unpaired) electrons. The first-order valence-electron chi connectivity index (χ1n) is 9.87. The van der Waals surface area contributed by atoms with Gasteiger partial charge in [-0.15, -0.1) is 0 Å². The molecule has 0 fully saturated rings. The quantitative estimate of drug-likeness (QED) is 0.574. The van der Waals surface area contributed by atoms with E-state index >= 15 is 0 Å². The molecule has 3 rings (SSSR count). The third-order valence-corrected chi connectivity index (χ3v) is 7.11. The lowest BCUT2D eigenvalue weighted by molar-refractivity contribution is -0.114. The molecule has 1 aliphatic heterocycles. The van der Waals surface area contributed by atoms with Gasteiger partial charge in [-0.3, -0.25) is 9.10 Å². The molecule has 152 valence electrons. The summed E-state index contributed by atoms with van der Waals surface area (Å²) in [6.07, 6.45) is 4.33. The smallest absolute Gasteiger partial charge is 0.264 e. The molecule has 2 aromatic carbocycles. The minimum Gasteiger partial charge on any atom is -0.295 e. The molecule has 0 aliphatic carbocycles. The van der Waals surface area contributed by atoms with Crippen LogP contribution in [0.2, 0.25) is 0 Å². The molecule has 0 bridgehead atoms. The summed E-state index contributed by atoms with van der Waals surface area (Å²) in [6, 6.07) is 13.7. The molecule has 0 saturated carbocycles.